The van der Waals surface area contributed by atoms with Crippen LogP contribution in [0, 0.1) is 35.0 Å². The van der Waals surface area contributed by atoms with Crippen LogP contribution in [0.1, 0.15) is 40.5 Å². The van der Waals surface area contributed by atoms with Gasteiger partial charge in [0, 0.05) is 0 Å². The molecule has 1 nitrogen and oxygen atoms in total. The highest BCUT2D eigenvalue weighted by molar-refractivity contribution is 5.31. The lowest BCUT2D eigenvalue weighted by molar-refractivity contribution is -0.215. The van der Waals surface area contributed by atoms with E-state index in [1.807, 2.05) is 0 Å². The zero-order valence-corrected chi connectivity index (χ0v) is 10.9. The van der Waals surface area contributed by atoms with Crippen LogP contribution in [0.25, 0.3) is 0 Å². The van der Waals surface area contributed by atoms with Gasteiger partial charge in [-0.15, -0.1) is 0 Å². The molecule has 0 heterocycles. The van der Waals surface area contributed by atoms with E-state index >= 15 is 0 Å². The molecular formula is C15H24O. The van der Waals surface area contributed by atoms with Crippen molar-refractivity contribution >= 4 is 0 Å². The molecule has 1 heteroatoms. The first-order chi connectivity index (χ1) is 7.47. The van der Waals surface area contributed by atoms with Crippen molar-refractivity contribution in [3.8, 4) is 0 Å². The molecule has 6 atom stereocenters. The van der Waals surface area contributed by atoms with Crippen molar-refractivity contribution in [2.24, 2.45) is 35.0 Å². The van der Waals surface area contributed by atoms with E-state index in [0.29, 0.717) is 11.3 Å². The van der Waals surface area contributed by atoms with Crippen molar-refractivity contribution in [3.63, 3.8) is 0 Å². The van der Waals surface area contributed by atoms with E-state index in [9.17, 15) is 5.11 Å². The quantitative estimate of drug-likeness (QED) is 0.673. The first kappa shape index (κ1) is 10.8. The molecule has 0 aromatic carbocycles. The first-order valence-corrected chi connectivity index (χ1v) is 6.83. The fraction of sp³-hybridized carbons (Fsp3) is 0.867. The first-order valence-electron chi connectivity index (χ1n) is 6.83. The number of allylic oxidation sites excluding steroid dienone is 1. The minimum atomic E-state index is -0.165. The van der Waals surface area contributed by atoms with Crippen LogP contribution in [0.3, 0.4) is 0 Å². The normalized spacial score (nSPS) is 54.6. The maximum Gasteiger partial charge on any atom is 0.0760 e. The molecule has 0 aromatic heterocycles. The minimum absolute atomic E-state index is 0.165. The van der Waals surface area contributed by atoms with E-state index in [-0.39, 0.29) is 6.10 Å². The number of aliphatic hydroxyl groups excluding tert-OH is 1. The predicted octanol–water partition coefficient (Wildman–Crippen LogP) is 3.24. The summed E-state index contributed by atoms with van der Waals surface area (Å²) in [6, 6.07) is 0. The molecule has 3 unspecified atom stereocenters. The van der Waals surface area contributed by atoms with Crippen LogP contribution in [0.4, 0.5) is 0 Å². The maximum absolute atomic E-state index is 10.3. The summed E-state index contributed by atoms with van der Waals surface area (Å²) in [6.45, 7) is 9.35. The van der Waals surface area contributed by atoms with Gasteiger partial charge in [-0.1, -0.05) is 32.4 Å². The van der Waals surface area contributed by atoms with Gasteiger partial charge >= 0.3 is 0 Å². The van der Waals surface area contributed by atoms with Crippen LogP contribution in [-0.4, -0.2) is 11.2 Å². The van der Waals surface area contributed by atoms with Gasteiger partial charge in [-0.2, -0.15) is 0 Å². The van der Waals surface area contributed by atoms with Crippen molar-refractivity contribution in [2.75, 3.05) is 0 Å². The topological polar surface area (TPSA) is 20.2 Å². The largest absolute Gasteiger partial charge is 0.389 e. The Labute approximate surface area is 98.9 Å². The maximum atomic E-state index is 10.3. The van der Waals surface area contributed by atoms with E-state index < -0.39 is 0 Å². The van der Waals surface area contributed by atoms with Crippen LogP contribution < -0.4 is 0 Å². The van der Waals surface area contributed by atoms with E-state index in [4.69, 9.17) is 0 Å². The zero-order chi connectivity index (χ0) is 11.7. The fourth-order valence-corrected chi connectivity index (χ4v) is 5.38. The van der Waals surface area contributed by atoms with E-state index in [1.54, 1.807) is 0 Å². The SMILES string of the molecule is CC1=C[C@@H](O)C2C3[C@@H](C(C)C)CCC2(C)[C@@H]13. The minimum Gasteiger partial charge on any atom is -0.389 e. The van der Waals surface area contributed by atoms with Gasteiger partial charge < -0.3 is 5.11 Å². The second kappa shape index (κ2) is 3.13. The van der Waals surface area contributed by atoms with Gasteiger partial charge in [0.1, 0.15) is 0 Å². The third-order valence-corrected chi connectivity index (χ3v) is 5.93. The van der Waals surface area contributed by atoms with Crippen LogP contribution in [0.2, 0.25) is 0 Å². The van der Waals surface area contributed by atoms with Crippen molar-refractivity contribution in [3.05, 3.63) is 11.6 Å². The number of hydrogen-bond donors (Lipinski definition) is 1. The number of rotatable bonds is 1. The standard InChI is InChI=1S/C15H24O/c1-8(2)10-5-6-15(4)13-9(3)7-11(16)14(15)12(10)13/h7-8,10-14,16H,5-6H2,1-4H3/t10-,11-,12?,13+,14?,15?/m1/s1. The molecule has 90 valence electrons. The average molecular weight is 220 g/mol. The third-order valence-electron chi connectivity index (χ3n) is 5.93. The van der Waals surface area contributed by atoms with Crippen LogP contribution in [-0.2, 0) is 0 Å². The van der Waals surface area contributed by atoms with Gasteiger partial charge in [0.15, 0.2) is 0 Å². The summed E-state index contributed by atoms with van der Waals surface area (Å²) in [4.78, 5) is 0. The van der Waals surface area contributed by atoms with E-state index in [2.05, 4.69) is 33.8 Å². The Balaban J connectivity index is 1.99. The molecule has 4 rings (SSSR count). The summed E-state index contributed by atoms with van der Waals surface area (Å²) in [5, 5.41) is 10.3. The zero-order valence-electron chi connectivity index (χ0n) is 10.9. The summed E-state index contributed by atoms with van der Waals surface area (Å²) in [7, 11) is 0. The highest BCUT2D eigenvalue weighted by Gasteiger charge is 2.67. The highest BCUT2D eigenvalue weighted by Crippen LogP contribution is 2.71. The highest BCUT2D eigenvalue weighted by atomic mass is 16.3. The molecule has 0 saturated heterocycles. The lowest BCUT2D eigenvalue weighted by Gasteiger charge is -2.71. The molecule has 1 N–H and O–H groups in total. The van der Waals surface area contributed by atoms with E-state index in [0.717, 1.165) is 23.7 Å². The lowest BCUT2D eigenvalue weighted by Crippen LogP contribution is -2.67. The van der Waals surface area contributed by atoms with Crippen LogP contribution >= 0.6 is 0 Å². The molecule has 0 aliphatic heterocycles. The van der Waals surface area contributed by atoms with Crippen LogP contribution in [0.5, 0.6) is 0 Å². The summed E-state index contributed by atoms with van der Waals surface area (Å²) >= 11 is 0. The smallest absolute Gasteiger partial charge is 0.0760 e. The average Bonchev–Trinajstić information content (AvgIpc) is 2.15. The molecular weight excluding hydrogens is 196 g/mol. The van der Waals surface area contributed by atoms with E-state index in [1.165, 1.54) is 18.4 Å². The second-order valence-corrected chi connectivity index (χ2v) is 6.93. The molecule has 0 amide bonds. The van der Waals surface area contributed by atoms with Gasteiger partial charge in [-0.05, 0) is 54.8 Å². The molecule has 16 heavy (non-hydrogen) atoms. The van der Waals surface area contributed by atoms with Gasteiger partial charge in [-0.25, -0.2) is 0 Å². The molecule has 4 bridgehead atoms. The predicted molar refractivity (Wildman–Crippen MR) is 65.9 cm³/mol. The Morgan fingerprint density at radius 1 is 1.44 bits per heavy atom. The molecule has 0 aromatic rings. The molecule has 4 aliphatic carbocycles. The molecule has 0 spiro atoms. The number of hydrogen-bond acceptors (Lipinski definition) is 1. The Kier molecular flexibility index (Phi) is 2.12. The molecule has 4 aliphatic rings. The number of aliphatic hydroxyl groups is 1. The van der Waals surface area contributed by atoms with Crippen molar-refractivity contribution < 1.29 is 5.11 Å². The molecule has 2 fully saturated rings. The van der Waals surface area contributed by atoms with Gasteiger partial charge in [0.25, 0.3) is 0 Å². The van der Waals surface area contributed by atoms with Crippen LogP contribution in [0.15, 0.2) is 11.6 Å². The Morgan fingerprint density at radius 2 is 2.12 bits per heavy atom. The van der Waals surface area contributed by atoms with Gasteiger partial charge in [0.05, 0.1) is 6.10 Å². The second-order valence-electron chi connectivity index (χ2n) is 6.93. The fourth-order valence-electron chi connectivity index (χ4n) is 5.38. The van der Waals surface area contributed by atoms with Gasteiger partial charge in [0.2, 0.25) is 0 Å². The van der Waals surface area contributed by atoms with Crippen molar-refractivity contribution in [1.29, 1.82) is 0 Å². The Bertz CT molecular complexity index is 343. The summed E-state index contributed by atoms with van der Waals surface area (Å²) in [6.07, 6.45) is 4.66. The number of fused-ring (bicyclic) bond motifs is 1. The van der Waals surface area contributed by atoms with Crippen molar-refractivity contribution in [2.45, 2.75) is 46.6 Å². The lowest BCUT2D eigenvalue weighted by atomic mass is 9.34. The van der Waals surface area contributed by atoms with Crippen molar-refractivity contribution in [1.82, 2.24) is 0 Å². The molecule has 0 radical (unpaired) electrons. The summed E-state index contributed by atoms with van der Waals surface area (Å²) in [5.74, 6) is 3.73. The molecule has 2 saturated carbocycles. The summed E-state index contributed by atoms with van der Waals surface area (Å²) in [5.41, 5.74) is 1.89. The monoisotopic (exact) mass is 220 g/mol. The third kappa shape index (κ3) is 1.06. The Hall–Kier alpha value is -0.300. The van der Waals surface area contributed by atoms with Gasteiger partial charge in [-0.3, -0.25) is 0 Å². The Morgan fingerprint density at radius 3 is 2.69 bits per heavy atom. The summed E-state index contributed by atoms with van der Waals surface area (Å²) < 4.78 is 0.